The van der Waals surface area contributed by atoms with Gasteiger partial charge in [0, 0.05) is 12.0 Å². The van der Waals surface area contributed by atoms with E-state index in [1.807, 2.05) is 50.3 Å². The second-order valence-corrected chi connectivity index (χ2v) is 4.80. The summed E-state index contributed by atoms with van der Waals surface area (Å²) in [6.45, 7) is 3.93. The number of aryl methyl sites for hydroxylation is 1. The zero-order chi connectivity index (χ0) is 14.6. The number of carbonyl (C=O) groups excluding carboxylic acids is 2. The SMILES string of the molecule is CC1=CCC(N=C=O)(N=C=O)C(c2cccc(C)c2)=C1. The Morgan fingerprint density at radius 1 is 1.15 bits per heavy atom. The van der Waals surface area contributed by atoms with Crippen LogP contribution in [-0.2, 0) is 9.59 Å². The molecule has 4 heteroatoms. The zero-order valence-corrected chi connectivity index (χ0v) is 11.4. The normalized spacial score (nSPS) is 21.1. The van der Waals surface area contributed by atoms with Gasteiger partial charge < -0.3 is 0 Å². The topological polar surface area (TPSA) is 58.9 Å². The fourth-order valence-corrected chi connectivity index (χ4v) is 2.33. The van der Waals surface area contributed by atoms with Gasteiger partial charge in [0.25, 0.3) is 0 Å². The van der Waals surface area contributed by atoms with E-state index in [4.69, 9.17) is 0 Å². The maximum Gasteiger partial charge on any atom is 0.237 e. The smallest absolute Gasteiger partial charge is 0.211 e. The Morgan fingerprint density at radius 3 is 2.45 bits per heavy atom. The van der Waals surface area contributed by atoms with E-state index in [0.29, 0.717) is 12.0 Å². The zero-order valence-electron chi connectivity index (χ0n) is 11.4. The summed E-state index contributed by atoms with van der Waals surface area (Å²) in [5, 5.41) is 0. The molecule has 0 spiro atoms. The Kier molecular flexibility index (Phi) is 3.90. The molecular weight excluding hydrogens is 252 g/mol. The summed E-state index contributed by atoms with van der Waals surface area (Å²) < 4.78 is 0. The van der Waals surface area contributed by atoms with Crippen LogP contribution in [0.25, 0.3) is 5.57 Å². The molecule has 0 aromatic heterocycles. The predicted molar refractivity (Wildman–Crippen MR) is 76.5 cm³/mol. The van der Waals surface area contributed by atoms with Crippen molar-refractivity contribution >= 4 is 17.7 Å². The summed E-state index contributed by atoms with van der Waals surface area (Å²) in [6.07, 6.45) is 7.18. The highest BCUT2D eigenvalue weighted by molar-refractivity contribution is 5.78. The van der Waals surface area contributed by atoms with Crippen molar-refractivity contribution < 1.29 is 9.59 Å². The lowest BCUT2D eigenvalue weighted by Gasteiger charge is -2.28. The molecule has 20 heavy (non-hydrogen) atoms. The van der Waals surface area contributed by atoms with Gasteiger partial charge in [0.1, 0.15) is 0 Å². The van der Waals surface area contributed by atoms with Crippen LogP contribution in [0, 0.1) is 6.92 Å². The van der Waals surface area contributed by atoms with Gasteiger partial charge in [-0.1, -0.05) is 47.6 Å². The molecule has 0 bridgehead atoms. The molecular formula is C16H14N2O2. The summed E-state index contributed by atoms with van der Waals surface area (Å²) in [5.41, 5.74) is 2.48. The monoisotopic (exact) mass is 266 g/mol. The fraction of sp³-hybridized carbons (Fsp3) is 0.250. The van der Waals surface area contributed by atoms with Crippen LogP contribution in [-0.4, -0.2) is 17.8 Å². The first kappa shape index (κ1) is 13.9. The predicted octanol–water partition coefficient (Wildman–Crippen LogP) is 3.10. The minimum absolute atomic E-state index is 0.350. The van der Waals surface area contributed by atoms with Gasteiger partial charge in [-0.05, 0) is 19.4 Å². The number of nitrogens with zero attached hydrogens (tertiary/aromatic N) is 2. The van der Waals surface area contributed by atoms with Crippen LogP contribution < -0.4 is 0 Å². The first-order chi connectivity index (χ1) is 9.61. The highest BCUT2D eigenvalue weighted by atomic mass is 16.1. The molecule has 0 heterocycles. The number of benzene rings is 1. The van der Waals surface area contributed by atoms with Gasteiger partial charge in [-0.3, -0.25) is 0 Å². The van der Waals surface area contributed by atoms with Gasteiger partial charge >= 0.3 is 0 Å². The first-order valence-electron chi connectivity index (χ1n) is 6.25. The van der Waals surface area contributed by atoms with Crippen LogP contribution in [0.4, 0.5) is 0 Å². The molecule has 1 aromatic rings. The second kappa shape index (κ2) is 5.62. The van der Waals surface area contributed by atoms with Crippen molar-refractivity contribution in [3.05, 3.63) is 53.1 Å². The first-order valence-corrected chi connectivity index (χ1v) is 6.25. The third-order valence-electron chi connectivity index (χ3n) is 3.30. The van der Waals surface area contributed by atoms with E-state index >= 15 is 0 Å². The van der Waals surface area contributed by atoms with Crippen molar-refractivity contribution in [2.45, 2.75) is 25.9 Å². The number of isocyanates is 2. The third-order valence-corrected chi connectivity index (χ3v) is 3.30. The van der Waals surface area contributed by atoms with Gasteiger partial charge in [-0.15, -0.1) is 0 Å². The maximum atomic E-state index is 10.7. The van der Waals surface area contributed by atoms with Crippen molar-refractivity contribution in [1.29, 1.82) is 0 Å². The molecule has 1 aliphatic carbocycles. The molecule has 4 nitrogen and oxygen atoms in total. The summed E-state index contributed by atoms with van der Waals surface area (Å²) in [7, 11) is 0. The standard InChI is InChI=1S/C16H14N2O2/c1-12-4-3-5-14(8-12)15-9-13(2)6-7-16(15,17-10-19)18-11-20/h3-6,8-9H,7H2,1-2H3. The third kappa shape index (κ3) is 2.57. The van der Waals surface area contributed by atoms with Gasteiger partial charge in [0.15, 0.2) is 0 Å². The summed E-state index contributed by atoms with van der Waals surface area (Å²) in [6, 6.07) is 7.77. The highest BCUT2D eigenvalue weighted by Crippen LogP contribution is 2.39. The lowest BCUT2D eigenvalue weighted by molar-refractivity contribution is 0.521. The Balaban J connectivity index is 2.67. The molecule has 0 N–H and O–H groups in total. The van der Waals surface area contributed by atoms with Crippen molar-refractivity contribution in [2.24, 2.45) is 9.98 Å². The van der Waals surface area contributed by atoms with Crippen molar-refractivity contribution in [2.75, 3.05) is 0 Å². The molecule has 100 valence electrons. The summed E-state index contributed by atoms with van der Waals surface area (Å²) in [5.74, 6) is 0. The molecule has 0 saturated heterocycles. The lowest BCUT2D eigenvalue weighted by atomic mass is 9.84. The van der Waals surface area contributed by atoms with Crippen LogP contribution in [0.15, 0.2) is 52.0 Å². The Labute approximate surface area is 117 Å². The molecule has 1 aromatic carbocycles. The van der Waals surface area contributed by atoms with Gasteiger partial charge in [0.05, 0.1) is 0 Å². The fourth-order valence-electron chi connectivity index (χ4n) is 2.33. The number of hydrogen-bond donors (Lipinski definition) is 0. The molecule has 2 rings (SSSR count). The molecule has 0 fully saturated rings. The van der Waals surface area contributed by atoms with Crippen molar-refractivity contribution in [1.82, 2.24) is 0 Å². The Bertz CT molecular complexity index is 670. The van der Waals surface area contributed by atoms with Crippen LogP contribution in [0.2, 0.25) is 0 Å². The quantitative estimate of drug-likeness (QED) is 0.623. The highest BCUT2D eigenvalue weighted by Gasteiger charge is 2.36. The van der Waals surface area contributed by atoms with Crippen LogP contribution in [0.1, 0.15) is 24.5 Å². The molecule has 0 saturated carbocycles. The van der Waals surface area contributed by atoms with Gasteiger partial charge in [-0.2, -0.15) is 9.98 Å². The number of allylic oxidation sites excluding steroid dienone is 2. The average Bonchev–Trinajstić information content (AvgIpc) is 2.42. The van der Waals surface area contributed by atoms with E-state index in [0.717, 1.165) is 16.7 Å². The number of aliphatic imine (C=N–C) groups is 2. The molecule has 0 atom stereocenters. The Morgan fingerprint density at radius 2 is 1.85 bits per heavy atom. The van der Waals surface area contributed by atoms with E-state index in [9.17, 15) is 9.59 Å². The van der Waals surface area contributed by atoms with E-state index in [-0.39, 0.29) is 0 Å². The van der Waals surface area contributed by atoms with Crippen molar-refractivity contribution in [3.8, 4) is 0 Å². The average molecular weight is 266 g/mol. The minimum Gasteiger partial charge on any atom is -0.211 e. The molecule has 0 radical (unpaired) electrons. The number of hydrogen-bond acceptors (Lipinski definition) is 4. The molecule has 0 amide bonds. The van der Waals surface area contributed by atoms with Crippen molar-refractivity contribution in [3.63, 3.8) is 0 Å². The van der Waals surface area contributed by atoms with E-state index in [2.05, 4.69) is 9.98 Å². The lowest BCUT2D eigenvalue weighted by Crippen LogP contribution is -2.27. The Hall–Kier alpha value is -2.54. The maximum absolute atomic E-state index is 10.7. The van der Waals surface area contributed by atoms with Crippen LogP contribution in [0.5, 0.6) is 0 Å². The van der Waals surface area contributed by atoms with Crippen LogP contribution >= 0.6 is 0 Å². The van der Waals surface area contributed by atoms with E-state index in [1.54, 1.807) is 0 Å². The molecule has 1 aliphatic rings. The molecule has 0 aliphatic heterocycles. The number of rotatable bonds is 3. The van der Waals surface area contributed by atoms with Gasteiger partial charge in [0.2, 0.25) is 17.8 Å². The summed E-state index contributed by atoms with van der Waals surface area (Å²) >= 11 is 0. The minimum atomic E-state index is -1.24. The van der Waals surface area contributed by atoms with Gasteiger partial charge in [-0.25, -0.2) is 9.59 Å². The van der Waals surface area contributed by atoms with E-state index in [1.165, 1.54) is 12.2 Å². The van der Waals surface area contributed by atoms with Crippen LogP contribution in [0.3, 0.4) is 0 Å². The largest absolute Gasteiger partial charge is 0.237 e. The van der Waals surface area contributed by atoms with E-state index < -0.39 is 5.66 Å². The molecule has 0 unspecified atom stereocenters. The summed E-state index contributed by atoms with van der Waals surface area (Å²) in [4.78, 5) is 29.1. The second-order valence-electron chi connectivity index (χ2n) is 4.80.